The van der Waals surface area contributed by atoms with Crippen molar-refractivity contribution in [2.45, 2.75) is 25.8 Å². The second-order valence-corrected chi connectivity index (χ2v) is 6.64. The summed E-state index contributed by atoms with van der Waals surface area (Å²) in [6, 6.07) is 4.13. The van der Waals surface area contributed by atoms with Gasteiger partial charge in [-0.25, -0.2) is 9.37 Å². The number of rotatable bonds is 5. The molecule has 1 N–H and O–H groups in total. The summed E-state index contributed by atoms with van der Waals surface area (Å²) in [6.45, 7) is 3.01. The first-order chi connectivity index (χ1) is 11.7. The van der Waals surface area contributed by atoms with Gasteiger partial charge in [0.1, 0.15) is 0 Å². The number of anilines is 1. The van der Waals surface area contributed by atoms with Gasteiger partial charge in [0.15, 0.2) is 16.7 Å². The first-order valence-corrected chi connectivity index (χ1v) is 8.85. The fourth-order valence-electron chi connectivity index (χ4n) is 2.76. The summed E-state index contributed by atoms with van der Waals surface area (Å²) in [5, 5.41) is 5.21. The van der Waals surface area contributed by atoms with Crippen molar-refractivity contribution in [2.75, 3.05) is 25.5 Å². The van der Waals surface area contributed by atoms with E-state index < -0.39 is 5.82 Å². The lowest BCUT2D eigenvalue weighted by Crippen LogP contribution is -2.29. The summed E-state index contributed by atoms with van der Waals surface area (Å²) >= 11 is 1.38. The van der Waals surface area contributed by atoms with Gasteiger partial charge < -0.3 is 4.74 Å². The Hall–Kier alpha value is -1.99. The number of nitrogens with zero attached hydrogens (tertiary/aromatic N) is 2. The number of thiazole rings is 1. The van der Waals surface area contributed by atoms with Crippen molar-refractivity contribution in [1.29, 1.82) is 0 Å². The van der Waals surface area contributed by atoms with Crippen molar-refractivity contribution in [2.24, 2.45) is 0 Å². The van der Waals surface area contributed by atoms with Crippen LogP contribution in [0.4, 0.5) is 9.52 Å². The van der Waals surface area contributed by atoms with Crippen molar-refractivity contribution in [3.8, 4) is 5.75 Å². The predicted molar refractivity (Wildman–Crippen MR) is 92.1 cm³/mol. The first kappa shape index (κ1) is 16.9. The van der Waals surface area contributed by atoms with Crippen LogP contribution in [0, 0.1) is 5.82 Å². The highest BCUT2D eigenvalue weighted by atomic mass is 32.1. The Morgan fingerprint density at radius 2 is 2.17 bits per heavy atom. The number of benzene rings is 1. The van der Waals surface area contributed by atoms with Crippen molar-refractivity contribution in [1.82, 2.24) is 9.88 Å². The molecule has 128 valence electrons. The minimum absolute atomic E-state index is 0.115. The van der Waals surface area contributed by atoms with E-state index in [-0.39, 0.29) is 17.2 Å². The maximum Gasteiger partial charge on any atom is 0.257 e. The molecule has 2 aromatic rings. The summed E-state index contributed by atoms with van der Waals surface area (Å²) in [7, 11) is 1.39. The number of piperidine rings is 1. The highest BCUT2D eigenvalue weighted by Gasteiger charge is 2.14. The van der Waals surface area contributed by atoms with Gasteiger partial charge in [0.05, 0.1) is 12.8 Å². The van der Waals surface area contributed by atoms with Crippen molar-refractivity contribution < 1.29 is 13.9 Å². The summed E-state index contributed by atoms with van der Waals surface area (Å²) < 4.78 is 18.5. The third-order valence-electron chi connectivity index (χ3n) is 4.02. The van der Waals surface area contributed by atoms with Gasteiger partial charge in [0.2, 0.25) is 0 Å². The molecular formula is C17H20FN3O2S. The van der Waals surface area contributed by atoms with Crippen LogP contribution in [0.3, 0.4) is 0 Å². The molecule has 1 fully saturated rings. The molecule has 24 heavy (non-hydrogen) atoms. The van der Waals surface area contributed by atoms with E-state index in [4.69, 9.17) is 4.74 Å². The molecule has 0 saturated carbocycles. The van der Waals surface area contributed by atoms with Crippen LogP contribution in [0.1, 0.15) is 35.3 Å². The molecule has 3 rings (SSSR count). The molecular weight excluding hydrogens is 329 g/mol. The topological polar surface area (TPSA) is 54.5 Å². The molecule has 1 amide bonds. The van der Waals surface area contributed by atoms with Gasteiger partial charge in [-0.05, 0) is 44.1 Å². The molecule has 1 aromatic carbocycles. The molecule has 0 radical (unpaired) electrons. The largest absolute Gasteiger partial charge is 0.494 e. The van der Waals surface area contributed by atoms with E-state index in [1.54, 1.807) is 0 Å². The summed E-state index contributed by atoms with van der Waals surface area (Å²) in [6.07, 6.45) is 3.76. The zero-order chi connectivity index (χ0) is 16.9. The molecule has 0 aliphatic carbocycles. The maximum absolute atomic E-state index is 13.7. The molecule has 1 aromatic heterocycles. The Kier molecular flexibility index (Phi) is 5.42. The zero-order valence-corrected chi connectivity index (χ0v) is 14.4. The van der Waals surface area contributed by atoms with Crippen LogP contribution in [0.25, 0.3) is 0 Å². The minimum Gasteiger partial charge on any atom is -0.494 e. The van der Waals surface area contributed by atoms with Crippen LogP contribution < -0.4 is 10.1 Å². The van der Waals surface area contributed by atoms with Gasteiger partial charge in [-0.3, -0.25) is 15.0 Å². The molecule has 0 spiro atoms. The van der Waals surface area contributed by atoms with Crippen LogP contribution in [-0.2, 0) is 6.54 Å². The van der Waals surface area contributed by atoms with Gasteiger partial charge in [0.25, 0.3) is 5.91 Å². The maximum atomic E-state index is 13.7. The third kappa shape index (κ3) is 4.10. The van der Waals surface area contributed by atoms with E-state index >= 15 is 0 Å². The van der Waals surface area contributed by atoms with Crippen molar-refractivity contribution in [3.05, 3.63) is 40.7 Å². The predicted octanol–water partition coefficient (Wildman–Crippen LogP) is 3.53. The Bertz CT molecular complexity index is 714. The number of hydrogen-bond acceptors (Lipinski definition) is 5. The van der Waals surface area contributed by atoms with Crippen LogP contribution in [-0.4, -0.2) is 36.0 Å². The normalized spacial score (nSPS) is 15.2. The van der Waals surface area contributed by atoms with E-state index in [0.717, 1.165) is 31.4 Å². The molecule has 1 aliphatic heterocycles. The van der Waals surface area contributed by atoms with Gasteiger partial charge in [-0.2, -0.15) is 0 Å². The summed E-state index contributed by atoms with van der Waals surface area (Å²) in [4.78, 5) is 19.0. The molecule has 0 atom stereocenters. The van der Waals surface area contributed by atoms with Gasteiger partial charge in [0, 0.05) is 17.5 Å². The number of nitrogens with one attached hydrogen (secondary N) is 1. The number of carbonyl (C=O) groups is 1. The second-order valence-electron chi connectivity index (χ2n) is 5.78. The monoisotopic (exact) mass is 349 g/mol. The number of carbonyl (C=O) groups excluding carboxylic acids is 1. The van der Waals surface area contributed by atoms with Crippen LogP contribution in [0.15, 0.2) is 23.6 Å². The Morgan fingerprint density at radius 3 is 2.88 bits per heavy atom. The lowest BCUT2D eigenvalue weighted by molar-refractivity contribution is 0.102. The summed E-state index contributed by atoms with van der Waals surface area (Å²) in [5.74, 6) is -0.824. The van der Waals surface area contributed by atoms with Crippen molar-refractivity contribution >= 4 is 22.4 Å². The van der Waals surface area contributed by atoms with E-state index in [2.05, 4.69) is 15.2 Å². The fraction of sp³-hybridized carbons (Fsp3) is 0.412. The Balaban J connectivity index is 1.61. The van der Waals surface area contributed by atoms with Gasteiger partial charge in [-0.15, -0.1) is 11.3 Å². The third-order valence-corrected chi connectivity index (χ3v) is 4.83. The smallest absolute Gasteiger partial charge is 0.257 e. The molecule has 5 nitrogen and oxygen atoms in total. The molecule has 1 aliphatic rings. The minimum atomic E-state index is -0.560. The van der Waals surface area contributed by atoms with Crippen LogP contribution in [0.5, 0.6) is 5.75 Å². The lowest BCUT2D eigenvalue weighted by Gasteiger charge is -2.25. The lowest BCUT2D eigenvalue weighted by atomic mass is 10.1. The second kappa shape index (κ2) is 7.72. The first-order valence-electron chi connectivity index (χ1n) is 7.97. The average Bonchev–Trinajstić information content (AvgIpc) is 3.02. The SMILES string of the molecule is COc1ccc(C(=O)Nc2nc(CN3CCCCC3)cs2)cc1F. The van der Waals surface area contributed by atoms with Gasteiger partial charge in [-0.1, -0.05) is 6.42 Å². The molecule has 2 heterocycles. The molecule has 0 bridgehead atoms. The molecule has 0 unspecified atom stereocenters. The standard InChI is InChI=1S/C17H20FN3O2S/c1-23-15-6-5-12(9-14(15)18)16(22)20-17-19-13(11-24-17)10-21-7-3-2-4-8-21/h5-6,9,11H,2-4,7-8,10H2,1H3,(H,19,20,22). The molecule has 1 saturated heterocycles. The number of aromatic nitrogens is 1. The highest BCUT2D eigenvalue weighted by Crippen LogP contribution is 2.21. The number of hydrogen-bond donors (Lipinski definition) is 1. The van der Waals surface area contributed by atoms with Gasteiger partial charge >= 0.3 is 0 Å². The van der Waals surface area contributed by atoms with E-state index in [9.17, 15) is 9.18 Å². The zero-order valence-electron chi connectivity index (χ0n) is 13.5. The van der Waals surface area contributed by atoms with Crippen LogP contribution in [0.2, 0.25) is 0 Å². The summed E-state index contributed by atoms with van der Waals surface area (Å²) in [5.41, 5.74) is 1.19. The number of halogens is 1. The number of amides is 1. The average molecular weight is 349 g/mol. The Labute approximate surface area is 144 Å². The highest BCUT2D eigenvalue weighted by molar-refractivity contribution is 7.13. The van der Waals surface area contributed by atoms with E-state index in [1.807, 2.05) is 5.38 Å². The Morgan fingerprint density at radius 1 is 1.38 bits per heavy atom. The van der Waals surface area contributed by atoms with Crippen molar-refractivity contribution in [3.63, 3.8) is 0 Å². The quantitative estimate of drug-likeness (QED) is 0.897. The number of ether oxygens (including phenoxy) is 1. The van der Waals surface area contributed by atoms with Crippen LogP contribution >= 0.6 is 11.3 Å². The molecule has 7 heteroatoms. The van der Waals surface area contributed by atoms with E-state index in [0.29, 0.717) is 5.13 Å². The number of likely N-dealkylation sites (tertiary alicyclic amines) is 1. The van der Waals surface area contributed by atoms with E-state index in [1.165, 1.54) is 49.8 Å². The fourth-order valence-corrected chi connectivity index (χ4v) is 3.46. The number of methoxy groups -OCH3 is 1.